The second-order valence-corrected chi connectivity index (χ2v) is 3.76. The minimum absolute atomic E-state index is 0.0399. The van der Waals surface area contributed by atoms with Crippen LogP contribution in [0.2, 0.25) is 0 Å². The molecule has 0 saturated heterocycles. The van der Waals surface area contributed by atoms with Crippen molar-refractivity contribution in [3.8, 4) is 5.69 Å². The lowest BCUT2D eigenvalue weighted by Crippen LogP contribution is -2.05. The van der Waals surface area contributed by atoms with Crippen LogP contribution < -0.4 is 0 Å². The molecule has 0 atom stereocenters. The highest BCUT2D eigenvalue weighted by Crippen LogP contribution is 2.19. The van der Waals surface area contributed by atoms with Crippen LogP contribution in [0, 0.1) is 10.1 Å². The molecular weight excluding hydrogens is 252 g/mol. The van der Waals surface area contributed by atoms with Crippen molar-refractivity contribution in [2.45, 2.75) is 13.2 Å². The first-order valence-electron chi connectivity index (χ1n) is 5.45. The van der Waals surface area contributed by atoms with Gasteiger partial charge in [-0.3, -0.25) is 10.1 Å². The van der Waals surface area contributed by atoms with Gasteiger partial charge in [-0.15, -0.1) is 5.10 Å². The van der Waals surface area contributed by atoms with Crippen LogP contribution in [0.15, 0.2) is 24.3 Å². The van der Waals surface area contributed by atoms with Gasteiger partial charge < -0.3 is 9.84 Å². The van der Waals surface area contributed by atoms with E-state index in [-0.39, 0.29) is 18.9 Å². The zero-order chi connectivity index (χ0) is 13.8. The highest BCUT2D eigenvalue weighted by molar-refractivity contribution is 5.43. The molecule has 0 fully saturated rings. The molecule has 2 rings (SSSR count). The van der Waals surface area contributed by atoms with Crippen molar-refractivity contribution in [3.05, 3.63) is 45.8 Å². The Bertz CT molecular complexity index is 596. The molecule has 0 bridgehead atoms. The number of nitro benzene ring substituents is 1. The molecule has 0 unspecified atom stereocenters. The van der Waals surface area contributed by atoms with E-state index in [1.165, 1.54) is 23.9 Å². The van der Waals surface area contributed by atoms with Crippen molar-refractivity contribution in [1.29, 1.82) is 0 Å². The van der Waals surface area contributed by atoms with Crippen LogP contribution in [-0.4, -0.2) is 32.1 Å². The second-order valence-electron chi connectivity index (χ2n) is 3.76. The number of nitro groups is 1. The van der Waals surface area contributed by atoms with Crippen LogP contribution in [0.25, 0.3) is 5.69 Å². The number of benzene rings is 1. The average Bonchev–Trinajstić information content (AvgIpc) is 2.82. The first-order chi connectivity index (χ1) is 9.17. The van der Waals surface area contributed by atoms with Crippen molar-refractivity contribution in [2.24, 2.45) is 0 Å². The van der Waals surface area contributed by atoms with E-state index in [1.54, 1.807) is 12.1 Å². The van der Waals surface area contributed by atoms with Crippen LogP contribution in [0.1, 0.15) is 11.4 Å². The summed E-state index contributed by atoms with van der Waals surface area (Å²) in [5, 5.41) is 27.6. The summed E-state index contributed by atoms with van der Waals surface area (Å²) in [4.78, 5) is 10.3. The maximum absolute atomic E-state index is 10.8. The van der Waals surface area contributed by atoms with E-state index in [1.807, 2.05) is 0 Å². The largest absolute Gasteiger partial charge is 0.390 e. The fraction of sp³-hybridized carbons (Fsp3) is 0.273. The molecule has 1 aromatic carbocycles. The van der Waals surface area contributed by atoms with Crippen LogP contribution in [0.4, 0.5) is 5.69 Å². The number of aliphatic hydroxyl groups is 1. The SMILES string of the molecule is COCc1c(CO)nnn1-c1cccc([N+](=O)[O-])c1. The summed E-state index contributed by atoms with van der Waals surface area (Å²) in [6.07, 6.45) is 0. The van der Waals surface area contributed by atoms with Crippen LogP contribution in [-0.2, 0) is 18.0 Å². The van der Waals surface area contributed by atoms with E-state index in [0.29, 0.717) is 17.1 Å². The summed E-state index contributed by atoms with van der Waals surface area (Å²) in [7, 11) is 1.51. The molecule has 1 aromatic heterocycles. The molecule has 1 N–H and O–H groups in total. The summed E-state index contributed by atoms with van der Waals surface area (Å²) >= 11 is 0. The number of hydrogen-bond donors (Lipinski definition) is 1. The van der Waals surface area contributed by atoms with Gasteiger partial charge in [0.1, 0.15) is 5.69 Å². The standard InChI is InChI=1S/C11H12N4O4/c1-19-7-11-10(6-16)12-13-14(11)8-3-2-4-9(5-8)15(17)18/h2-5,16H,6-7H2,1H3. The maximum atomic E-state index is 10.8. The lowest BCUT2D eigenvalue weighted by atomic mass is 10.2. The second kappa shape index (κ2) is 5.55. The number of methoxy groups -OCH3 is 1. The minimum Gasteiger partial charge on any atom is -0.390 e. The molecule has 0 radical (unpaired) electrons. The first kappa shape index (κ1) is 13.1. The van der Waals surface area contributed by atoms with Gasteiger partial charge in [-0.25, -0.2) is 4.68 Å². The molecule has 0 aliphatic rings. The third-order valence-electron chi connectivity index (χ3n) is 2.56. The monoisotopic (exact) mass is 264 g/mol. The van der Waals surface area contributed by atoms with E-state index in [0.717, 1.165) is 0 Å². The van der Waals surface area contributed by atoms with E-state index in [4.69, 9.17) is 9.84 Å². The van der Waals surface area contributed by atoms with Crippen LogP contribution in [0.3, 0.4) is 0 Å². The van der Waals surface area contributed by atoms with Crippen molar-refractivity contribution < 1.29 is 14.8 Å². The van der Waals surface area contributed by atoms with E-state index >= 15 is 0 Å². The van der Waals surface area contributed by atoms with Gasteiger partial charge in [0.2, 0.25) is 0 Å². The predicted molar refractivity (Wildman–Crippen MR) is 64.6 cm³/mol. The Hall–Kier alpha value is -2.32. The molecule has 0 spiro atoms. The number of nitrogens with zero attached hydrogens (tertiary/aromatic N) is 4. The topological polar surface area (TPSA) is 103 Å². The van der Waals surface area contributed by atoms with Crippen molar-refractivity contribution in [2.75, 3.05) is 7.11 Å². The number of rotatable bonds is 5. The highest BCUT2D eigenvalue weighted by atomic mass is 16.6. The lowest BCUT2D eigenvalue weighted by molar-refractivity contribution is -0.384. The van der Waals surface area contributed by atoms with Gasteiger partial charge in [0.15, 0.2) is 0 Å². The number of aromatic nitrogens is 3. The van der Waals surface area contributed by atoms with E-state index < -0.39 is 4.92 Å². The first-order valence-corrected chi connectivity index (χ1v) is 5.45. The average molecular weight is 264 g/mol. The van der Waals surface area contributed by atoms with Gasteiger partial charge in [-0.2, -0.15) is 0 Å². The summed E-state index contributed by atoms with van der Waals surface area (Å²) in [5.41, 5.74) is 1.40. The molecule has 100 valence electrons. The predicted octanol–water partition coefficient (Wildman–Crippen LogP) is 0.814. The smallest absolute Gasteiger partial charge is 0.271 e. The molecule has 8 heteroatoms. The molecule has 0 aliphatic carbocycles. The zero-order valence-electron chi connectivity index (χ0n) is 10.2. The Morgan fingerprint density at radius 3 is 2.95 bits per heavy atom. The Kier molecular flexibility index (Phi) is 3.83. The molecular formula is C11H12N4O4. The maximum Gasteiger partial charge on any atom is 0.271 e. The summed E-state index contributed by atoms with van der Waals surface area (Å²) in [6.45, 7) is -0.0702. The van der Waals surface area contributed by atoms with Crippen molar-refractivity contribution in [1.82, 2.24) is 15.0 Å². The minimum atomic E-state index is -0.483. The number of aliphatic hydroxyl groups excluding tert-OH is 1. The van der Waals surface area contributed by atoms with Gasteiger partial charge in [0.05, 0.1) is 29.5 Å². The van der Waals surface area contributed by atoms with Crippen LogP contribution in [0.5, 0.6) is 0 Å². The Morgan fingerprint density at radius 2 is 2.32 bits per heavy atom. The molecule has 0 amide bonds. The molecule has 8 nitrogen and oxygen atoms in total. The summed E-state index contributed by atoms with van der Waals surface area (Å²) < 4.78 is 6.44. The van der Waals surface area contributed by atoms with Gasteiger partial charge >= 0.3 is 0 Å². The van der Waals surface area contributed by atoms with Crippen molar-refractivity contribution in [3.63, 3.8) is 0 Å². The molecule has 1 heterocycles. The van der Waals surface area contributed by atoms with Crippen LogP contribution >= 0.6 is 0 Å². The number of non-ortho nitro benzene ring substituents is 1. The summed E-state index contributed by atoms with van der Waals surface area (Å²) in [5.74, 6) is 0. The number of ether oxygens (including phenoxy) is 1. The number of hydrogen-bond acceptors (Lipinski definition) is 6. The lowest BCUT2D eigenvalue weighted by Gasteiger charge is -2.06. The van der Waals surface area contributed by atoms with E-state index in [2.05, 4.69) is 10.3 Å². The quantitative estimate of drug-likeness (QED) is 0.633. The third-order valence-corrected chi connectivity index (χ3v) is 2.56. The normalized spacial score (nSPS) is 10.6. The van der Waals surface area contributed by atoms with Gasteiger partial charge in [-0.05, 0) is 6.07 Å². The fourth-order valence-electron chi connectivity index (χ4n) is 1.68. The Morgan fingerprint density at radius 1 is 1.53 bits per heavy atom. The van der Waals surface area contributed by atoms with E-state index in [9.17, 15) is 10.1 Å². The molecule has 0 saturated carbocycles. The van der Waals surface area contributed by atoms with Gasteiger partial charge in [-0.1, -0.05) is 11.3 Å². The van der Waals surface area contributed by atoms with Crippen molar-refractivity contribution >= 4 is 5.69 Å². The Balaban J connectivity index is 2.49. The summed E-state index contributed by atoms with van der Waals surface area (Å²) in [6, 6.07) is 6.00. The van der Waals surface area contributed by atoms with Gasteiger partial charge in [0.25, 0.3) is 5.69 Å². The van der Waals surface area contributed by atoms with Gasteiger partial charge in [0, 0.05) is 19.2 Å². The third kappa shape index (κ3) is 2.59. The fourth-order valence-corrected chi connectivity index (χ4v) is 1.68. The molecule has 0 aliphatic heterocycles. The molecule has 19 heavy (non-hydrogen) atoms. The molecule has 2 aromatic rings. The Labute approximate surface area is 108 Å². The highest BCUT2D eigenvalue weighted by Gasteiger charge is 2.15. The zero-order valence-corrected chi connectivity index (χ0v) is 10.2.